The van der Waals surface area contributed by atoms with E-state index in [1.54, 1.807) is 12.1 Å². The molecule has 2 N–H and O–H groups in total. The summed E-state index contributed by atoms with van der Waals surface area (Å²) in [4.78, 5) is 23.6. The molecule has 0 bridgehead atoms. The van der Waals surface area contributed by atoms with Crippen molar-refractivity contribution in [3.63, 3.8) is 0 Å². The van der Waals surface area contributed by atoms with E-state index in [9.17, 15) is 9.59 Å². The van der Waals surface area contributed by atoms with Crippen LogP contribution in [0.15, 0.2) is 48.5 Å². The molecule has 0 radical (unpaired) electrons. The Balaban J connectivity index is 2.14. The van der Waals surface area contributed by atoms with Gasteiger partial charge < -0.3 is 10.6 Å². The first-order valence-corrected chi connectivity index (χ1v) is 7.21. The van der Waals surface area contributed by atoms with Crippen LogP contribution >= 0.6 is 0 Å². The number of amides is 2. The lowest BCUT2D eigenvalue weighted by atomic mass is 10.1. The van der Waals surface area contributed by atoms with Gasteiger partial charge in [-0.2, -0.15) is 0 Å². The van der Waals surface area contributed by atoms with Crippen LogP contribution < -0.4 is 10.6 Å². The number of carbonyl (C=O) groups excluding carboxylic acids is 2. The van der Waals surface area contributed by atoms with Crippen molar-refractivity contribution in [2.45, 2.75) is 26.8 Å². The van der Waals surface area contributed by atoms with Crippen LogP contribution in [0.25, 0.3) is 0 Å². The van der Waals surface area contributed by atoms with E-state index in [1.807, 2.05) is 50.2 Å². The van der Waals surface area contributed by atoms with Gasteiger partial charge in [-0.05, 0) is 37.1 Å². The van der Waals surface area contributed by atoms with Gasteiger partial charge in [0.2, 0.25) is 5.91 Å². The van der Waals surface area contributed by atoms with Crippen LogP contribution in [0.1, 0.15) is 41.4 Å². The molecule has 0 aliphatic heterocycles. The van der Waals surface area contributed by atoms with Crippen molar-refractivity contribution in [3.05, 3.63) is 65.2 Å². The lowest BCUT2D eigenvalue weighted by Gasteiger charge is -2.15. The number of aryl methyl sites for hydroxylation is 1. The number of anilines is 1. The molecule has 0 saturated heterocycles. The maximum atomic E-state index is 12.4. The Morgan fingerprint density at radius 3 is 2.36 bits per heavy atom. The standard InChI is InChI=1S/C18H20N2O2/c1-12-9-10-16(11-17(12)20-14(3)21)18(22)19-13(2)15-7-5-4-6-8-15/h4-11,13H,1-3H3,(H,19,22)(H,20,21). The fourth-order valence-electron chi connectivity index (χ4n) is 2.19. The Bertz CT molecular complexity index is 681. The van der Waals surface area contributed by atoms with Crippen LogP contribution in [0.4, 0.5) is 5.69 Å². The number of nitrogens with one attached hydrogen (secondary N) is 2. The number of benzene rings is 2. The molecule has 114 valence electrons. The number of hydrogen-bond acceptors (Lipinski definition) is 2. The van der Waals surface area contributed by atoms with Gasteiger partial charge in [0.1, 0.15) is 0 Å². The zero-order valence-electron chi connectivity index (χ0n) is 13.0. The molecule has 1 atom stereocenters. The minimum absolute atomic E-state index is 0.0841. The van der Waals surface area contributed by atoms with Crippen LogP contribution in [0, 0.1) is 6.92 Å². The molecule has 2 aromatic carbocycles. The maximum absolute atomic E-state index is 12.4. The predicted molar refractivity (Wildman–Crippen MR) is 87.8 cm³/mol. The number of hydrogen-bond donors (Lipinski definition) is 2. The average Bonchev–Trinajstić information content (AvgIpc) is 2.49. The molecule has 2 rings (SSSR count). The van der Waals surface area contributed by atoms with Gasteiger partial charge in [0, 0.05) is 18.2 Å². The third-order valence-corrected chi connectivity index (χ3v) is 3.46. The zero-order valence-corrected chi connectivity index (χ0v) is 13.0. The highest BCUT2D eigenvalue weighted by Gasteiger charge is 2.12. The molecule has 4 heteroatoms. The Morgan fingerprint density at radius 2 is 1.73 bits per heavy atom. The van der Waals surface area contributed by atoms with Crippen LogP contribution in [0.2, 0.25) is 0 Å². The molecular weight excluding hydrogens is 276 g/mol. The summed E-state index contributed by atoms with van der Waals surface area (Å²) < 4.78 is 0. The van der Waals surface area contributed by atoms with Crippen LogP contribution in [-0.4, -0.2) is 11.8 Å². The van der Waals surface area contributed by atoms with Crippen LogP contribution in [0.3, 0.4) is 0 Å². The van der Waals surface area contributed by atoms with E-state index >= 15 is 0 Å². The van der Waals surface area contributed by atoms with Crippen LogP contribution in [0.5, 0.6) is 0 Å². The largest absolute Gasteiger partial charge is 0.346 e. The summed E-state index contributed by atoms with van der Waals surface area (Å²) in [6.45, 7) is 5.28. The van der Waals surface area contributed by atoms with E-state index < -0.39 is 0 Å². The normalized spacial score (nSPS) is 11.6. The van der Waals surface area contributed by atoms with Gasteiger partial charge in [0.25, 0.3) is 5.91 Å². The summed E-state index contributed by atoms with van der Waals surface area (Å²) in [5.74, 6) is -0.318. The van der Waals surface area contributed by atoms with Gasteiger partial charge >= 0.3 is 0 Å². The number of rotatable bonds is 4. The van der Waals surface area contributed by atoms with E-state index in [2.05, 4.69) is 10.6 Å². The summed E-state index contributed by atoms with van der Waals surface area (Å²) in [7, 11) is 0. The third-order valence-electron chi connectivity index (χ3n) is 3.46. The molecule has 1 unspecified atom stereocenters. The molecule has 4 nitrogen and oxygen atoms in total. The topological polar surface area (TPSA) is 58.2 Å². The highest BCUT2D eigenvalue weighted by Crippen LogP contribution is 2.18. The third kappa shape index (κ3) is 3.95. The molecule has 0 fully saturated rings. The molecular formula is C18H20N2O2. The van der Waals surface area contributed by atoms with Crippen molar-refractivity contribution in [2.24, 2.45) is 0 Å². The summed E-state index contributed by atoms with van der Waals surface area (Å²) in [6, 6.07) is 15.0. The lowest BCUT2D eigenvalue weighted by molar-refractivity contribution is -0.114. The second kappa shape index (κ2) is 6.89. The van der Waals surface area contributed by atoms with Gasteiger partial charge in [-0.3, -0.25) is 9.59 Å². The second-order valence-electron chi connectivity index (χ2n) is 5.32. The Kier molecular flexibility index (Phi) is 4.94. The summed E-state index contributed by atoms with van der Waals surface area (Å²) in [5.41, 5.74) is 3.15. The molecule has 0 aromatic heterocycles. The van der Waals surface area contributed by atoms with Gasteiger partial charge in [-0.25, -0.2) is 0 Å². The molecule has 2 aromatic rings. The van der Waals surface area contributed by atoms with Gasteiger partial charge in [-0.1, -0.05) is 36.4 Å². The van der Waals surface area contributed by atoms with Gasteiger partial charge in [0.15, 0.2) is 0 Å². The lowest BCUT2D eigenvalue weighted by Crippen LogP contribution is -2.26. The quantitative estimate of drug-likeness (QED) is 0.908. The van der Waals surface area contributed by atoms with Gasteiger partial charge in [-0.15, -0.1) is 0 Å². The monoisotopic (exact) mass is 296 g/mol. The molecule has 22 heavy (non-hydrogen) atoms. The summed E-state index contributed by atoms with van der Waals surface area (Å²) in [6.07, 6.45) is 0. The SMILES string of the molecule is CC(=O)Nc1cc(C(=O)NC(C)c2ccccc2)ccc1C. The van der Waals surface area contributed by atoms with E-state index in [1.165, 1.54) is 6.92 Å². The smallest absolute Gasteiger partial charge is 0.251 e. The second-order valence-corrected chi connectivity index (χ2v) is 5.32. The van der Waals surface area contributed by atoms with Crippen molar-refractivity contribution >= 4 is 17.5 Å². The first kappa shape index (κ1) is 15.8. The molecule has 0 saturated carbocycles. The molecule has 0 aliphatic rings. The maximum Gasteiger partial charge on any atom is 0.251 e. The van der Waals surface area contributed by atoms with Crippen LogP contribution in [-0.2, 0) is 4.79 Å². The van der Waals surface area contributed by atoms with Crippen molar-refractivity contribution in [1.29, 1.82) is 0 Å². The minimum Gasteiger partial charge on any atom is -0.346 e. The zero-order chi connectivity index (χ0) is 16.1. The van der Waals surface area contributed by atoms with Crippen molar-refractivity contribution < 1.29 is 9.59 Å². The van der Waals surface area contributed by atoms with E-state index in [0.717, 1.165) is 11.1 Å². The highest BCUT2D eigenvalue weighted by molar-refractivity contribution is 5.97. The molecule has 0 aliphatic carbocycles. The molecule has 0 heterocycles. The average molecular weight is 296 g/mol. The minimum atomic E-state index is -0.164. The fraction of sp³-hybridized carbons (Fsp3) is 0.222. The van der Waals surface area contributed by atoms with Crippen molar-refractivity contribution in [3.8, 4) is 0 Å². The molecule has 0 spiro atoms. The van der Waals surface area contributed by atoms with E-state index in [-0.39, 0.29) is 17.9 Å². The van der Waals surface area contributed by atoms with Gasteiger partial charge in [0.05, 0.1) is 6.04 Å². The van der Waals surface area contributed by atoms with Crippen molar-refractivity contribution in [1.82, 2.24) is 5.32 Å². The van der Waals surface area contributed by atoms with E-state index in [4.69, 9.17) is 0 Å². The Hall–Kier alpha value is -2.62. The number of carbonyl (C=O) groups is 2. The predicted octanol–water partition coefficient (Wildman–Crippen LogP) is 3.44. The van der Waals surface area contributed by atoms with E-state index in [0.29, 0.717) is 11.3 Å². The summed E-state index contributed by atoms with van der Waals surface area (Å²) in [5, 5.41) is 5.70. The van der Waals surface area contributed by atoms with Crippen molar-refractivity contribution in [2.75, 3.05) is 5.32 Å². The highest BCUT2D eigenvalue weighted by atomic mass is 16.2. The molecule has 2 amide bonds. The summed E-state index contributed by atoms with van der Waals surface area (Å²) >= 11 is 0. The first-order valence-electron chi connectivity index (χ1n) is 7.21. The fourth-order valence-corrected chi connectivity index (χ4v) is 2.19. The Labute approximate surface area is 130 Å². The first-order chi connectivity index (χ1) is 10.5. The Morgan fingerprint density at radius 1 is 1.05 bits per heavy atom.